The molecule has 1 aromatic rings. The molecule has 1 aliphatic rings. The molecule has 1 aromatic heterocycles. The van der Waals surface area contributed by atoms with E-state index in [2.05, 4.69) is 0 Å². The van der Waals surface area contributed by atoms with Crippen molar-refractivity contribution in [3.05, 3.63) is 27.1 Å². The molecule has 19 heavy (non-hydrogen) atoms. The Balaban J connectivity index is 2.51. The lowest BCUT2D eigenvalue weighted by atomic mass is 9.98. The summed E-state index contributed by atoms with van der Waals surface area (Å²) in [6.45, 7) is 0.444. The summed E-state index contributed by atoms with van der Waals surface area (Å²) in [7, 11) is 0. The molecule has 0 aromatic carbocycles. The van der Waals surface area contributed by atoms with Crippen LogP contribution in [0.4, 0.5) is 8.78 Å². The first-order valence-corrected chi connectivity index (χ1v) is 5.84. The maximum atomic E-state index is 14.4. The Kier molecular flexibility index (Phi) is 3.56. The molecule has 0 saturated carbocycles. The summed E-state index contributed by atoms with van der Waals surface area (Å²) in [5.41, 5.74) is -3.32. The van der Waals surface area contributed by atoms with Gasteiger partial charge >= 0.3 is 0 Å². The first-order chi connectivity index (χ1) is 8.78. The fraction of sp³-hybridized carbons (Fsp3) is 0.600. The van der Waals surface area contributed by atoms with Gasteiger partial charge in [0.25, 0.3) is 5.56 Å². The monoisotopic (exact) mass is 294 g/mol. The van der Waals surface area contributed by atoms with Crippen molar-refractivity contribution in [2.75, 3.05) is 6.61 Å². The number of ether oxygens (including phenoxy) is 1. The minimum atomic E-state index is -2.30. The van der Waals surface area contributed by atoms with Gasteiger partial charge in [0.15, 0.2) is 16.7 Å². The number of aromatic amines is 1. The second kappa shape index (κ2) is 4.75. The quantitative estimate of drug-likeness (QED) is 0.670. The molecule has 0 amide bonds. The average molecular weight is 294 g/mol. The fourth-order valence-corrected chi connectivity index (χ4v) is 2.24. The van der Waals surface area contributed by atoms with Crippen LogP contribution in [0.15, 0.2) is 11.0 Å². The first kappa shape index (κ1) is 14.3. The van der Waals surface area contributed by atoms with Crippen LogP contribution in [0.1, 0.15) is 13.2 Å². The zero-order valence-corrected chi connectivity index (χ0v) is 10.7. The molecule has 2 heterocycles. The van der Waals surface area contributed by atoms with Gasteiger partial charge in [-0.1, -0.05) is 0 Å². The van der Waals surface area contributed by atoms with E-state index < -0.39 is 42.1 Å². The number of H-pyrrole nitrogens is 1. The maximum absolute atomic E-state index is 14.4. The number of hydrogen-bond acceptors (Lipinski definition) is 5. The Morgan fingerprint density at radius 3 is 2.84 bits per heavy atom. The molecule has 6 nitrogen and oxygen atoms in total. The molecule has 1 fully saturated rings. The molecule has 0 bridgehead atoms. The first-order valence-electron chi connectivity index (χ1n) is 5.43. The SMILES string of the molecule is CC1(F)[C@@H](O)[C@@H](CO)O[C@H]1n1cc(F)c(=O)[nH]c1=S. The lowest BCUT2D eigenvalue weighted by Crippen LogP contribution is -2.41. The van der Waals surface area contributed by atoms with E-state index in [9.17, 15) is 18.7 Å². The van der Waals surface area contributed by atoms with E-state index in [-0.39, 0.29) is 4.77 Å². The minimum absolute atomic E-state index is 0.244. The van der Waals surface area contributed by atoms with E-state index in [0.717, 1.165) is 11.5 Å². The van der Waals surface area contributed by atoms with E-state index in [1.165, 1.54) is 0 Å². The largest absolute Gasteiger partial charge is 0.394 e. The summed E-state index contributed by atoms with van der Waals surface area (Å²) in [6, 6.07) is 0. The molecule has 3 N–H and O–H groups in total. The van der Waals surface area contributed by atoms with Gasteiger partial charge in [0.05, 0.1) is 12.8 Å². The number of nitrogens with zero attached hydrogens (tertiary/aromatic N) is 1. The summed E-state index contributed by atoms with van der Waals surface area (Å²) in [4.78, 5) is 13.0. The average Bonchev–Trinajstić information content (AvgIpc) is 2.56. The Labute approximate surface area is 111 Å². The molecule has 1 unspecified atom stereocenters. The third-order valence-corrected chi connectivity index (χ3v) is 3.39. The molecular formula is C10H12F2N2O4S. The van der Waals surface area contributed by atoms with Gasteiger partial charge in [-0.25, -0.2) is 4.39 Å². The van der Waals surface area contributed by atoms with Crippen molar-refractivity contribution in [3.63, 3.8) is 0 Å². The van der Waals surface area contributed by atoms with Crippen molar-refractivity contribution in [3.8, 4) is 0 Å². The molecule has 1 aliphatic heterocycles. The van der Waals surface area contributed by atoms with Gasteiger partial charge in [-0.3, -0.25) is 14.3 Å². The molecule has 4 atom stereocenters. The van der Waals surface area contributed by atoms with Crippen molar-refractivity contribution in [1.82, 2.24) is 9.55 Å². The Bertz CT molecular complexity index is 600. The lowest BCUT2D eigenvalue weighted by molar-refractivity contribution is -0.0606. The summed E-state index contributed by atoms with van der Waals surface area (Å²) in [5, 5.41) is 18.7. The van der Waals surface area contributed by atoms with Crippen LogP contribution in [0.5, 0.6) is 0 Å². The maximum Gasteiger partial charge on any atom is 0.287 e. The third-order valence-electron chi connectivity index (χ3n) is 3.07. The molecule has 1 saturated heterocycles. The summed E-state index contributed by atoms with van der Waals surface area (Å²) in [6.07, 6.45) is -3.49. The fourth-order valence-electron chi connectivity index (χ4n) is 2.00. The van der Waals surface area contributed by atoms with Crippen LogP contribution < -0.4 is 5.56 Å². The minimum Gasteiger partial charge on any atom is -0.394 e. The number of rotatable bonds is 2. The van der Waals surface area contributed by atoms with Crippen LogP contribution in [0, 0.1) is 10.6 Å². The molecule has 0 spiro atoms. The zero-order valence-electron chi connectivity index (χ0n) is 9.84. The number of alkyl halides is 1. The van der Waals surface area contributed by atoms with E-state index in [0.29, 0.717) is 6.20 Å². The van der Waals surface area contributed by atoms with Crippen molar-refractivity contribution in [2.24, 2.45) is 0 Å². The lowest BCUT2D eigenvalue weighted by Gasteiger charge is -2.25. The number of aliphatic hydroxyl groups excluding tert-OH is 2. The number of halogens is 2. The van der Waals surface area contributed by atoms with Gasteiger partial charge < -0.3 is 14.9 Å². The van der Waals surface area contributed by atoms with Gasteiger partial charge in [0, 0.05) is 0 Å². The van der Waals surface area contributed by atoms with Crippen LogP contribution in [-0.4, -0.2) is 44.2 Å². The van der Waals surface area contributed by atoms with E-state index in [4.69, 9.17) is 22.1 Å². The van der Waals surface area contributed by atoms with Crippen molar-refractivity contribution < 1.29 is 23.7 Å². The van der Waals surface area contributed by atoms with Gasteiger partial charge in [0.1, 0.15) is 12.2 Å². The normalized spacial score (nSPS) is 34.7. The predicted octanol–water partition coefficient (Wildman–Crippen LogP) is 0.0238. The van der Waals surface area contributed by atoms with Crippen LogP contribution in [0.3, 0.4) is 0 Å². The Morgan fingerprint density at radius 2 is 2.32 bits per heavy atom. The summed E-state index contributed by atoms with van der Waals surface area (Å²) < 4.78 is 33.4. The topological polar surface area (TPSA) is 87.5 Å². The van der Waals surface area contributed by atoms with Crippen LogP contribution in [-0.2, 0) is 4.74 Å². The highest BCUT2D eigenvalue weighted by Gasteiger charge is 2.54. The third kappa shape index (κ3) is 2.22. The van der Waals surface area contributed by atoms with Crippen LogP contribution >= 0.6 is 12.2 Å². The van der Waals surface area contributed by atoms with Gasteiger partial charge in [-0.05, 0) is 19.1 Å². The summed E-state index contributed by atoms with van der Waals surface area (Å²) in [5.74, 6) is -1.16. The van der Waals surface area contributed by atoms with Crippen molar-refractivity contribution in [1.29, 1.82) is 0 Å². The highest BCUT2D eigenvalue weighted by molar-refractivity contribution is 7.71. The number of aliphatic hydroxyl groups is 2. The Hall–Kier alpha value is -1.16. The number of hydrogen-bond donors (Lipinski definition) is 3. The zero-order chi connectivity index (χ0) is 14.4. The number of aromatic nitrogens is 2. The highest BCUT2D eigenvalue weighted by Crippen LogP contribution is 2.41. The van der Waals surface area contributed by atoms with E-state index in [1.54, 1.807) is 0 Å². The standard InChI is InChI=1S/C10H12F2N2O4S/c1-10(12)6(16)5(3-15)18-8(10)14-2-4(11)7(17)13-9(14)19/h2,5-6,8,15-16H,3H2,1H3,(H,13,17,19)/t5-,6+,8-,10?/m1/s1. The van der Waals surface area contributed by atoms with Gasteiger partial charge in [-0.15, -0.1) is 0 Å². The van der Waals surface area contributed by atoms with Crippen LogP contribution in [0.2, 0.25) is 0 Å². The molecular weight excluding hydrogens is 282 g/mol. The smallest absolute Gasteiger partial charge is 0.287 e. The number of nitrogens with one attached hydrogen (secondary N) is 1. The molecule has 0 radical (unpaired) electrons. The van der Waals surface area contributed by atoms with E-state index in [1.807, 2.05) is 4.98 Å². The molecule has 2 rings (SSSR count). The van der Waals surface area contributed by atoms with Gasteiger partial charge in [-0.2, -0.15) is 4.39 Å². The molecule has 9 heteroatoms. The van der Waals surface area contributed by atoms with Gasteiger partial charge in [0.2, 0.25) is 5.82 Å². The van der Waals surface area contributed by atoms with Crippen molar-refractivity contribution in [2.45, 2.75) is 31.0 Å². The summed E-state index contributed by atoms with van der Waals surface area (Å²) >= 11 is 4.80. The highest BCUT2D eigenvalue weighted by atomic mass is 32.1. The Morgan fingerprint density at radius 1 is 1.68 bits per heavy atom. The molecule has 106 valence electrons. The molecule has 0 aliphatic carbocycles. The predicted molar refractivity (Wildman–Crippen MR) is 62.4 cm³/mol. The van der Waals surface area contributed by atoms with Crippen molar-refractivity contribution >= 4 is 12.2 Å². The van der Waals surface area contributed by atoms with E-state index >= 15 is 0 Å². The van der Waals surface area contributed by atoms with Crippen LogP contribution in [0.25, 0.3) is 0 Å². The second-order valence-electron chi connectivity index (χ2n) is 4.45. The second-order valence-corrected chi connectivity index (χ2v) is 4.84.